The molecule has 0 radical (unpaired) electrons. The van der Waals surface area contributed by atoms with Crippen molar-refractivity contribution in [2.45, 2.75) is 25.3 Å². The van der Waals surface area contributed by atoms with Gasteiger partial charge < -0.3 is 11.1 Å². The first-order chi connectivity index (χ1) is 12.1. The molecule has 1 aliphatic carbocycles. The van der Waals surface area contributed by atoms with Crippen LogP contribution in [0.4, 0.5) is 4.39 Å². The van der Waals surface area contributed by atoms with Crippen LogP contribution in [-0.2, 0) is 0 Å². The zero-order chi connectivity index (χ0) is 17.8. The van der Waals surface area contributed by atoms with Gasteiger partial charge in [0.15, 0.2) is 5.78 Å². The molecule has 2 atom stereocenters. The highest BCUT2D eigenvalue weighted by molar-refractivity contribution is 6.15. The van der Waals surface area contributed by atoms with E-state index in [-0.39, 0.29) is 36.1 Å². The summed E-state index contributed by atoms with van der Waals surface area (Å²) < 4.78 is 13.1. The average molecular weight is 377 g/mol. The molecule has 1 fully saturated rings. The van der Waals surface area contributed by atoms with Crippen LogP contribution in [0.2, 0.25) is 0 Å². The van der Waals surface area contributed by atoms with Crippen molar-refractivity contribution in [3.8, 4) is 0 Å². The summed E-state index contributed by atoms with van der Waals surface area (Å²) >= 11 is 0. The van der Waals surface area contributed by atoms with Crippen molar-refractivity contribution in [3.05, 3.63) is 71.0 Å². The van der Waals surface area contributed by atoms with Crippen molar-refractivity contribution >= 4 is 24.1 Å². The van der Waals surface area contributed by atoms with Gasteiger partial charge in [0.05, 0.1) is 5.56 Å². The Morgan fingerprint density at radius 1 is 1.04 bits per heavy atom. The number of carbonyl (C=O) groups excluding carboxylic acids is 2. The fourth-order valence-electron chi connectivity index (χ4n) is 3.39. The monoisotopic (exact) mass is 376 g/mol. The Morgan fingerprint density at radius 2 is 1.69 bits per heavy atom. The van der Waals surface area contributed by atoms with E-state index in [4.69, 9.17) is 5.73 Å². The van der Waals surface area contributed by atoms with E-state index in [9.17, 15) is 14.0 Å². The minimum atomic E-state index is -0.406. The van der Waals surface area contributed by atoms with Crippen LogP contribution in [0.15, 0.2) is 48.5 Å². The average Bonchev–Trinajstić information content (AvgIpc) is 3.09. The van der Waals surface area contributed by atoms with E-state index in [0.717, 1.165) is 19.3 Å². The second-order valence-corrected chi connectivity index (χ2v) is 6.39. The largest absolute Gasteiger partial charge is 0.349 e. The summed E-state index contributed by atoms with van der Waals surface area (Å²) in [5, 5.41) is 3.02. The molecule has 4 nitrogen and oxygen atoms in total. The van der Waals surface area contributed by atoms with Gasteiger partial charge in [-0.05, 0) is 55.6 Å². The van der Waals surface area contributed by atoms with Crippen LogP contribution in [0.25, 0.3) is 0 Å². The Hall–Kier alpha value is -2.24. The zero-order valence-electron chi connectivity index (χ0n) is 14.3. The zero-order valence-corrected chi connectivity index (χ0v) is 15.1. The number of rotatable bonds is 5. The summed E-state index contributed by atoms with van der Waals surface area (Å²) in [6.07, 6.45) is 2.96. The highest BCUT2D eigenvalue weighted by Crippen LogP contribution is 2.25. The number of benzene rings is 2. The Morgan fingerprint density at radius 3 is 2.35 bits per heavy atom. The summed E-state index contributed by atoms with van der Waals surface area (Å²) in [6, 6.07) is 12.1. The van der Waals surface area contributed by atoms with Crippen LogP contribution < -0.4 is 11.1 Å². The van der Waals surface area contributed by atoms with Gasteiger partial charge in [0, 0.05) is 17.2 Å². The normalized spacial score (nSPS) is 18.8. The number of hydrogen-bond acceptors (Lipinski definition) is 3. The quantitative estimate of drug-likeness (QED) is 0.786. The second-order valence-electron chi connectivity index (χ2n) is 6.39. The van der Waals surface area contributed by atoms with Crippen molar-refractivity contribution in [1.82, 2.24) is 5.32 Å². The van der Waals surface area contributed by atoms with E-state index in [1.54, 1.807) is 24.3 Å². The smallest absolute Gasteiger partial charge is 0.252 e. The van der Waals surface area contributed by atoms with Gasteiger partial charge in [-0.3, -0.25) is 9.59 Å². The fourth-order valence-corrected chi connectivity index (χ4v) is 3.39. The second kappa shape index (κ2) is 8.92. The molecule has 0 bridgehead atoms. The van der Waals surface area contributed by atoms with E-state index in [0.29, 0.717) is 23.2 Å². The fraction of sp³-hybridized carbons (Fsp3) is 0.300. The summed E-state index contributed by atoms with van der Waals surface area (Å²) in [5.74, 6) is -0.690. The van der Waals surface area contributed by atoms with Gasteiger partial charge in [-0.25, -0.2) is 4.39 Å². The third-order valence-electron chi connectivity index (χ3n) is 4.80. The van der Waals surface area contributed by atoms with Crippen molar-refractivity contribution in [3.63, 3.8) is 0 Å². The summed E-state index contributed by atoms with van der Waals surface area (Å²) in [5.41, 5.74) is 6.76. The lowest BCUT2D eigenvalue weighted by molar-refractivity contribution is 0.0919. The van der Waals surface area contributed by atoms with Gasteiger partial charge in [0.2, 0.25) is 0 Å². The molecule has 3 rings (SSSR count). The third kappa shape index (κ3) is 4.29. The summed E-state index contributed by atoms with van der Waals surface area (Å²) in [7, 11) is 0. The molecule has 1 amide bonds. The molecule has 0 spiro atoms. The van der Waals surface area contributed by atoms with Gasteiger partial charge >= 0.3 is 0 Å². The van der Waals surface area contributed by atoms with Crippen LogP contribution in [0.3, 0.4) is 0 Å². The summed E-state index contributed by atoms with van der Waals surface area (Å²) in [6.45, 7) is 0.543. The predicted molar refractivity (Wildman–Crippen MR) is 101 cm³/mol. The first-order valence-electron chi connectivity index (χ1n) is 8.50. The van der Waals surface area contributed by atoms with E-state index in [2.05, 4.69) is 5.32 Å². The standard InChI is InChI=1S/C20H21FN2O2.ClH/c21-15-10-8-13(9-11-15)19(24)16-5-1-2-6-17(16)20(25)23-18-7-3-4-14(18)12-22;/h1-2,5-6,8-11,14,18H,3-4,7,12,22H2,(H,23,25);1H. The number of ketones is 1. The number of halogens is 2. The Balaban J connectivity index is 0.00000243. The molecule has 3 N–H and O–H groups in total. The molecule has 0 heterocycles. The van der Waals surface area contributed by atoms with Crippen LogP contribution >= 0.6 is 12.4 Å². The molecule has 2 unspecified atom stereocenters. The van der Waals surface area contributed by atoms with Crippen LogP contribution in [-0.4, -0.2) is 24.3 Å². The number of nitrogens with one attached hydrogen (secondary N) is 1. The predicted octanol–water partition coefficient (Wildman–Crippen LogP) is 3.34. The van der Waals surface area contributed by atoms with E-state index < -0.39 is 5.82 Å². The van der Waals surface area contributed by atoms with Gasteiger partial charge in [-0.15, -0.1) is 12.4 Å². The van der Waals surface area contributed by atoms with E-state index in [1.807, 2.05) is 0 Å². The van der Waals surface area contributed by atoms with Gasteiger partial charge in [0.25, 0.3) is 5.91 Å². The van der Waals surface area contributed by atoms with Crippen molar-refractivity contribution in [2.75, 3.05) is 6.54 Å². The third-order valence-corrected chi connectivity index (χ3v) is 4.80. The first kappa shape index (κ1) is 20.1. The summed E-state index contributed by atoms with van der Waals surface area (Å²) in [4.78, 5) is 25.4. The van der Waals surface area contributed by atoms with Crippen LogP contribution in [0, 0.1) is 11.7 Å². The lowest BCUT2D eigenvalue weighted by Crippen LogP contribution is -2.40. The lowest BCUT2D eigenvalue weighted by atomic mass is 9.97. The number of carbonyl (C=O) groups is 2. The van der Waals surface area contributed by atoms with Crippen LogP contribution in [0.5, 0.6) is 0 Å². The van der Waals surface area contributed by atoms with Crippen molar-refractivity contribution in [1.29, 1.82) is 0 Å². The molecule has 2 aromatic carbocycles. The maximum Gasteiger partial charge on any atom is 0.252 e. The van der Waals surface area contributed by atoms with Gasteiger partial charge in [-0.1, -0.05) is 24.6 Å². The number of nitrogens with two attached hydrogens (primary N) is 1. The van der Waals surface area contributed by atoms with Gasteiger partial charge in [-0.2, -0.15) is 0 Å². The maximum atomic E-state index is 13.1. The Labute approximate surface area is 158 Å². The Bertz CT molecular complexity index is 780. The maximum absolute atomic E-state index is 13.1. The molecule has 0 aliphatic heterocycles. The van der Waals surface area contributed by atoms with Crippen molar-refractivity contribution in [2.24, 2.45) is 11.7 Å². The topological polar surface area (TPSA) is 72.2 Å². The molecule has 1 saturated carbocycles. The number of hydrogen-bond donors (Lipinski definition) is 2. The molecular weight excluding hydrogens is 355 g/mol. The van der Waals surface area contributed by atoms with E-state index >= 15 is 0 Å². The van der Waals surface area contributed by atoms with Crippen LogP contribution in [0.1, 0.15) is 45.5 Å². The highest BCUT2D eigenvalue weighted by Gasteiger charge is 2.28. The SMILES string of the molecule is Cl.NCC1CCCC1NC(=O)c1ccccc1C(=O)c1ccc(F)cc1. The van der Waals surface area contributed by atoms with Gasteiger partial charge in [0.1, 0.15) is 5.82 Å². The minimum absolute atomic E-state index is 0. The molecular formula is C20H22ClFN2O2. The van der Waals surface area contributed by atoms with Crippen molar-refractivity contribution < 1.29 is 14.0 Å². The van der Waals surface area contributed by atoms with E-state index in [1.165, 1.54) is 24.3 Å². The molecule has 0 saturated heterocycles. The lowest BCUT2D eigenvalue weighted by Gasteiger charge is -2.20. The minimum Gasteiger partial charge on any atom is -0.349 e. The molecule has 26 heavy (non-hydrogen) atoms. The first-order valence-corrected chi connectivity index (χ1v) is 8.50. The highest BCUT2D eigenvalue weighted by atomic mass is 35.5. The molecule has 138 valence electrons. The molecule has 6 heteroatoms. The number of amides is 1. The Kier molecular flexibility index (Phi) is 6.89. The molecule has 1 aliphatic rings. The molecule has 0 aromatic heterocycles. The molecule has 2 aromatic rings.